The number of nitrogens with two attached hydrogens (primary N) is 1. The minimum absolute atomic E-state index is 0.175. The second-order valence-electron chi connectivity index (χ2n) is 5.60. The summed E-state index contributed by atoms with van der Waals surface area (Å²) in [5, 5.41) is 0. The summed E-state index contributed by atoms with van der Waals surface area (Å²) in [6.45, 7) is 6.09. The topological polar surface area (TPSA) is 47.7 Å². The van der Waals surface area contributed by atoms with Crippen LogP contribution < -0.4 is 20.1 Å². The van der Waals surface area contributed by atoms with Crippen molar-refractivity contribution in [3.8, 4) is 11.5 Å². The van der Waals surface area contributed by atoms with Gasteiger partial charge in [-0.1, -0.05) is 13.8 Å². The third kappa shape index (κ3) is 4.31. The molecule has 4 heteroatoms. The second kappa shape index (κ2) is 6.66. The maximum atomic E-state index is 5.66. The Labute approximate surface area is 116 Å². The average molecular weight is 266 g/mol. The maximum Gasteiger partial charge on any atom is 0.145 e. The number of hydrogen-bond donors (Lipinski definition) is 1. The first-order valence-electron chi connectivity index (χ1n) is 6.57. The van der Waals surface area contributed by atoms with E-state index in [9.17, 15) is 0 Å². The van der Waals surface area contributed by atoms with Crippen LogP contribution in [0.25, 0.3) is 0 Å². The molecule has 1 aromatic carbocycles. The second-order valence-corrected chi connectivity index (χ2v) is 5.60. The summed E-state index contributed by atoms with van der Waals surface area (Å²) in [5.41, 5.74) is 6.90. The van der Waals surface area contributed by atoms with Crippen molar-refractivity contribution in [1.29, 1.82) is 0 Å². The Balaban J connectivity index is 2.90. The van der Waals surface area contributed by atoms with E-state index < -0.39 is 0 Å². The van der Waals surface area contributed by atoms with Crippen LogP contribution in [0.2, 0.25) is 0 Å². The fourth-order valence-electron chi connectivity index (χ4n) is 2.30. The van der Waals surface area contributed by atoms with E-state index in [1.807, 2.05) is 18.2 Å². The molecule has 0 saturated carbocycles. The number of hydrogen-bond acceptors (Lipinski definition) is 4. The molecule has 0 aromatic heterocycles. The zero-order chi connectivity index (χ0) is 14.5. The number of ether oxygens (including phenoxy) is 2. The Morgan fingerprint density at radius 1 is 1.21 bits per heavy atom. The van der Waals surface area contributed by atoms with Crippen LogP contribution >= 0.6 is 0 Å². The van der Waals surface area contributed by atoms with Crippen molar-refractivity contribution < 1.29 is 9.47 Å². The summed E-state index contributed by atoms with van der Waals surface area (Å²) in [7, 11) is 5.41. The zero-order valence-corrected chi connectivity index (χ0v) is 12.7. The molecule has 4 nitrogen and oxygen atoms in total. The van der Waals surface area contributed by atoms with Crippen molar-refractivity contribution in [2.75, 3.05) is 39.3 Å². The van der Waals surface area contributed by atoms with Gasteiger partial charge < -0.3 is 20.1 Å². The van der Waals surface area contributed by atoms with Gasteiger partial charge in [0.25, 0.3) is 0 Å². The summed E-state index contributed by atoms with van der Waals surface area (Å²) in [6, 6.07) is 5.88. The number of rotatable bonds is 7. The van der Waals surface area contributed by atoms with Crippen molar-refractivity contribution in [1.82, 2.24) is 0 Å². The largest absolute Gasteiger partial charge is 0.497 e. The number of anilines is 1. The molecule has 0 aliphatic rings. The van der Waals surface area contributed by atoms with Gasteiger partial charge in [0.2, 0.25) is 0 Å². The Hall–Kier alpha value is -1.42. The van der Waals surface area contributed by atoms with Crippen molar-refractivity contribution in [3.63, 3.8) is 0 Å². The van der Waals surface area contributed by atoms with Gasteiger partial charge in [0.1, 0.15) is 11.5 Å². The van der Waals surface area contributed by atoms with Crippen molar-refractivity contribution in [2.24, 2.45) is 11.1 Å². The van der Waals surface area contributed by atoms with Crippen LogP contribution in [-0.2, 0) is 0 Å². The minimum atomic E-state index is 0.175. The highest BCUT2D eigenvalue weighted by molar-refractivity contribution is 5.60. The van der Waals surface area contributed by atoms with Crippen LogP contribution in [-0.4, -0.2) is 34.4 Å². The van der Waals surface area contributed by atoms with Crippen LogP contribution in [0.4, 0.5) is 5.69 Å². The molecule has 0 radical (unpaired) electrons. The van der Waals surface area contributed by atoms with E-state index in [0.29, 0.717) is 6.54 Å². The van der Waals surface area contributed by atoms with Crippen LogP contribution in [0.1, 0.15) is 20.3 Å². The molecule has 1 aromatic rings. The standard InChI is InChI=1S/C15H26N2O2/c1-15(2,8-9-16)11-17(3)13-7-6-12(18-4)10-14(13)19-5/h6-7,10H,8-9,11,16H2,1-5H3. The lowest BCUT2D eigenvalue weighted by molar-refractivity contribution is 0.345. The zero-order valence-electron chi connectivity index (χ0n) is 12.7. The molecule has 0 aliphatic heterocycles. The van der Waals surface area contributed by atoms with Gasteiger partial charge in [-0.15, -0.1) is 0 Å². The quantitative estimate of drug-likeness (QED) is 0.824. The minimum Gasteiger partial charge on any atom is -0.497 e. The Morgan fingerprint density at radius 3 is 2.42 bits per heavy atom. The van der Waals surface area contributed by atoms with E-state index in [2.05, 4.69) is 25.8 Å². The van der Waals surface area contributed by atoms with E-state index in [1.54, 1.807) is 14.2 Å². The first-order chi connectivity index (χ1) is 8.93. The highest BCUT2D eigenvalue weighted by Gasteiger charge is 2.21. The number of benzene rings is 1. The molecular weight excluding hydrogens is 240 g/mol. The molecular formula is C15H26N2O2. The molecule has 0 aliphatic carbocycles. The van der Waals surface area contributed by atoms with Gasteiger partial charge in [0.15, 0.2) is 0 Å². The van der Waals surface area contributed by atoms with Crippen LogP contribution in [0.3, 0.4) is 0 Å². The number of methoxy groups -OCH3 is 2. The van der Waals surface area contributed by atoms with Crippen LogP contribution in [0.5, 0.6) is 11.5 Å². The molecule has 19 heavy (non-hydrogen) atoms. The highest BCUT2D eigenvalue weighted by Crippen LogP contribution is 2.33. The molecule has 0 heterocycles. The Morgan fingerprint density at radius 2 is 1.89 bits per heavy atom. The molecule has 1 rings (SSSR count). The molecule has 108 valence electrons. The maximum absolute atomic E-state index is 5.66. The molecule has 0 amide bonds. The Kier molecular flexibility index (Phi) is 5.48. The first-order valence-corrected chi connectivity index (χ1v) is 6.57. The van der Waals surface area contributed by atoms with Crippen LogP contribution in [0.15, 0.2) is 18.2 Å². The monoisotopic (exact) mass is 266 g/mol. The van der Waals surface area contributed by atoms with E-state index in [1.165, 1.54) is 0 Å². The summed E-state index contributed by atoms with van der Waals surface area (Å²) in [4.78, 5) is 2.20. The van der Waals surface area contributed by atoms with Gasteiger partial charge in [-0.3, -0.25) is 0 Å². The highest BCUT2D eigenvalue weighted by atomic mass is 16.5. The molecule has 0 atom stereocenters. The Bertz CT molecular complexity index is 405. The first kappa shape index (κ1) is 15.6. The number of nitrogens with zero attached hydrogens (tertiary/aromatic N) is 1. The van der Waals surface area contributed by atoms with E-state index in [4.69, 9.17) is 15.2 Å². The van der Waals surface area contributed by atoms with Crippen molar-refractivity contribution in [3.05, 3.63) is 18.2 Å². The molecule has 0 saturated heterocycles. The fraction of sp³-hybridized carbons (Fsp3) is 0.600. The smallest absolute Gasteiger partial charge is 0.145 e. The summed E-state index contributed by atoms with van der Waals surface area (Å²) in [5.74, 6) is 1.63. The SMILES string of the molecule is COc1ccc(N(C)CC(C)(C)CCN)c(OC)c1. The summed E-state index contributed by atoms with van der Waals surface area (Å²) < 4.78 is 10.7. The lowest BCUT2D eigenvalue weighted by Gasteiger charge is -2.32. The van der Waals surface area contributed by atoms with E-state index >= 15 is 0 Å². The van der Waals surface area contributed by atoms with Crippen LogP contribution in [0, 0.1) is 5.41 Å². The van der Waals surface area contributed by atoms with Gasteiger partial charge in [-0.2, -0.15) is 0 Å². The van der Waals surface area contributed by atoms with Crippen molar-refractivity contribution in [2.45, 2.75) is 20.3 Å². The fourth-order valence-corrected chi connectivity index (χ4v) is 2.30. The molecule has 0 bridgehead atoms. The lowest BCUT2D eigenvalue weighted by Crippen LogP contribution is -2.33. The lowest BCUT2D eigenvalue weighted by atomic mass is 9.88. The molecule has 0 fully saturated rings. The normalized spacial score (nSPS) is 11.3. The van der Waals surface area contributed by atoms with Gasteiger partial charge in [-0.05, 0) is 30.5 Å². The molecule has 2 N–H and O–H groups in total. The molecule has 0 spiro atoms. The van der Waals surface area contributed by atoms with Gasteiger partial charge >= 0.3 is 0 Å². The summed E-state index contributed by atoms with van der Waals surface area (Å²) in [6.07, 6.45) is 0.996. The predicted octanol–water partition coefficient (Wildman–Crippen LogP) is 2.52. The van der Waals surface area contributed by atoms with Gasteiger partial charge in [0, 0.05) is 19.7 Å². The molecule has 0 unspecified atom stereocenters. The van der Waals surface area contributed by atoms with E-state index in [-0.39, 0.29) is 5.41 Å². The van der Waals surface area contributed by atoms with Gasteiger partial charge in [0.05, 0.1) is 19.9 Å². The third-order valence-corrected chi connectivity index (χ3v) is 3.28. The van der Waals surface area contributed by atoms with Gasteiger partial charge in [-0.25, -0.2) is 0 Å². The predicted molar refractivity (Wildman–Crippen MR) is 80.3 cm³/mol. The van der Waals surface area contributed by atoms with E-state index in [0.717, 1.165) is 30.2 Å². The average Bonchev–Trinajstić information content (AvgIpc) is 2.37. The summed E-state index contributed by atoms with van der Waals surface area (Å²) >= 11 is 0. The van der Waals surface area contributed by atoms with Crippen molar-refractivity contribution >= 4 is 5.69 Å². The third-order valence-electron chi connectivity index (χ3n) is 3.28.